The highest BCUT2D eigenvalue weighted by Crippen LogP contribution is 2.05. The van der Waals surface area contributed by atoms with E-state index in [9.17, 15) is 4.79 Å². The molecule has 0 spiro atoms. The monoisotopic (exact) mass is 233 g/mol. The van der Waals surface area contributed by atoms with Gasteiger partial charge in [-0.1, -0.05) is 12.5 Å². The van der Waals surface area contributed by atoms with Gasteiger partial charge in [-0.3, -0.25) is 9.78 Å². The molecule has 0 unspecified atom stereocenters. The molecule has 1 aromatic heterocycles. The van der Waals surface area contributed by atoms with Gasteiger partial charge in [-0.2, -0.15) is 0 Å². The molecule has 4 heteroatoms. The molecule has 0 radical (unpaired) electrons. The lowest BCUT2D eigenvalue weighted by atomic mass is 10.1. The highest BCUT2D eigenvalue weighted by Gasteiger charge is 2.12. The topological polar surface area (TPSA) is 54.0 Å². The Balaban J connectivity index is 1.69. The van der Waals surface area contributed by atoms with Gasteiger partial charge in [0.15, 0.2) is 5.78 Å². The summed E-state index contributed by atoms with van der Waals surface area (Å²) in [6, 6.07) is 5.92. The van der Waals surface area contributed by atoms with Gasteiger partial charge in [0.05, 0.1) is 6.54 Å². The van der Waals surface area contributed by atoms with E-state index in [1.54, 1.807) is 12.3 Å². The lowest BCUT2D eigenvalue weighted by molar-refractivity contribution is 0.0985. The van der Waals surface area contributed by atoms with Gasteiger partial charge in [0.25, 0.3) is 0 Å². The minimum Gasteiger partial charge on any atom is -0.313 e. The number of hydrogen-bond donors (Lipinski definition) is 2. The maximum absolute atomic E-state index is 11.7. The largest absolute Gasteiger partial charge is 0.313 e. The number of nitrogens with one attached hydrogen (secondary N) is 2. The van der Waals surface area contributed by atoms with Gasteiger partial charge in [0, 0.05) is 18.8 Å². The first-order valence-electron chi connectivity index (χ1n) is 6.24. The molecule has 92 valence electrons. The van der Waals surface area contributed by atoms with Crippen LogP contribution in [0.2, 0.25) is 0 Å². The highest BCUT2D eigenvalue weighted by molar-refractivity contribution is 5.95. The van der Waals surface area contributed by atoms with Crippen molar-refractivity contribution in [2.24, 2.45) is 0 Å². The number of carbonyl (C=O) groups is 1. The molecule has 4 nitrogen and oxygen atoms in total. The number of piperidine rings is 1. The quantitative estimate of drug-likeness (QED) is 0.745. The average molecular weight is 233 g/mol. The summed E-state index contributed by atoms with van der Waals surface area (Å²) < 4.78 is 0. The van der Waals surface area contributed by atoms with Crippen LogP contribution in [-0.4, -0.2) is 36.4 Å². The summed E-state index contributed by atoms with van der Waals surface area (Å²) in [4.78, 5) is 15.8. The van der Waals surface area contributed by atoms with E-state index >= 15 is 0 Å². The molecule has 1 aliphatic heterocycles. The van der Waals surface area contributed by atoms with Crippen LogP contribution >= 0.6 is 0 Å². The van der Waals surface area contributed by atoms with E-state index in [1.165, 1.54) is 19.3 Å². The normalized spacial score (nSPS) is 20.1. The van der Waals surface area contributed by atoms with Gasteiger partial charge in [0.2, 0.25) is 0 Å². The Kier molecular flexibility index (Phi) is 4.64. The highest BCUT2D eigenvalue weighted by atomic mass is 16.1. The van der Waals surface area contributed by atoms with Crippen molar-refractivity contribution < 1.29 is 4.79 Å². The van der Waals surface area contributed by atoms with E-state index in [1.807, 2.05) is 12.1 Å². The Morgan fingerprint density at radius 2 is 2.41 bits per heavy atom. The predicted molar refractivity (Wildman–Crippen MR) is 67.1 cm³/mol. The first-order valence-corrected chi connectivity index (χ1v) is 6.24. The fourth-order valence-electron chi connectivity index (χ4n) is 2.08. The molecule has 0 aliphatic carbocycles. The molecule has 1 atom stereocenters. The van der Waals surface area contributed by atoms with E-state index in [2.05, 4.69) is 15.6 Å². The number of nitrogens with zero attached hydrogens (tertiary/aromatic N) is 1. The third kappa shape index (κ3) is 3.91. The summed E-state index contributed by atoms with van der Waals surface area (Å²) in [5, 5.41) is 6.64. The van der Waals surface area contributed by atoms with E-state index in [-0.39, 0.29) is 5.78 Å². The summed E-state index contributed by atoms with van der Waals surface area (Å²) in [5.74, 6) is 0.0569. The maximum Gasteiger partial charge on any atom is 0.194 e. The Bertz CT molecular complexity index is 347. The molecule has 0 amide bonds. The van der Waals surface area contributed by atoms with E-state index in [0.717, 1.165) is 13.1 Å². The number of pyridine rings is 1. The Hall–Kier alpha value is -1.26. The van der Waals surface area contributed by atoms with Crippen LogP contribution in [0.25, 0.3) is 0 Å². The van der Waals surface area contributed by atoms with E-state index < -0.39 is 0 Å². The van der Waals surface area contributed by atoms with Crippen LogP contribution in [0.3, 0.4) is 0 Å². The molecule has 1 saturated heterocycles. The van der Waals surface area contributed by atoms with Gasteiger partial charge in [0.1, 0.15) is 5.69 Å². The molecule has 0 bridgehead atoms. The smallest absolute Gasteiger partial charge is 0.194 e. The van der Waals surface area contributed by atoms with Crippen LogP contribution in [0.15, 0.2) is 24.4 Å². The van der Waals surface area contributed by atoms with Crippen molar-refractivity contribution in [3.63, 3.8) is 0 Å². The zero-order chi connectivity index (χ0) is 11.9. The fourth-order valence-corrected chi connectivity index (χ4v) is 2.08. The molecule has 1 fully saturated rings. The van der Waals surface area contributed by atoms with Crippen LogP contribution in [0, 0.1) is 0 Å². The van der Waals surface area contributed by atoms with Gasteiger partial charge in [-0.05, 0) is 31.5 Å². The van der Waals surface area contributed by atoms with Crippen LogP contribution in [0.4, 0.5) is 0 Å². The molecule has 1 aromatic rings. The minimum atomic E-state index is 0.0569. The van der Waals surface area contributed by atoms with Crippen LogP contribution in [0.5, 0.6) is 0 Å². The first kappa shape index (κ1) is 12.2. The lowest BCUT2D eigenvalue weighted by Crippen LogP contribution is -2.42. The van der Waals surface area contributed by atoms with Crippen LogP contribution < -0.4 is 10.6 Å². The molecule has 2 N–H and O–H groups in total. The summed E-state index contributed by atoms with van der Waals surface area (Å²) in [7, 11) is 0. The Morgan fingerprint density at radius 3 is 3.12 bits per heavy atom. The van der Waals surface area contributed by atoms with Crippen LogP contribution in [-0.2, 0) is 0 Å². The molecular weight excluding hydrogens is 214 g/mol. The van der Waals surface area contributed by atoms with E-state index in [4.69, 9.17) is 0 Å². The second kappa shape index (κ2) is 6.47. The molecular formula is C13H19N3O. The number of rotatable bonds is 5. The number of aromatic nitrogens is 1. The summed E-state index contributed by atoms with van der Waals surface area (Å²) in [5.41, 5.74) is 0.539. The van der Waals surface area contributed by atoms with Crippen molar-refractivity contribution >= 4 is 5.78 Å². The number of ketones is 1. The van der Waals surface area contributed by atoms with Gasteiger partial charge in [-0.25, -0.2) is 0 Å². The molecule has 0 aromatic carbocycles. The Morgan fingerprint density at radius 1 is 1.47 bits per heavy atom. The number of Topliss-reactive ketones (excluding diaryl/α,β-unsaturated/α-hetero) is 1. The second-order valence-corrected chi connectivity index (χ2v) is 4.42. The molecule has 17 heavy (non-hydrogen) atoms. The predicted octanol–water partition coefficient (Wildman–Crippen LogP) is 0.996. The zero-order valence-electron chi connectivity index (χ0n) is 9.98. The van der Waals surface area contributed by atoms with Gasteiger partial charge < -0.3 is 10.6 Å². The third-order valence-corrected chi connectivity index (χ3v) is 3.04. The standard InChI is InChI=1S/C13H19N3O/c17-13(12-6-2-4-8-16-12)10-14-9-11-5-1-3-7-15-11/h2,4,6,8,11,14-15H,1,3,5,7,9-10H2/t11-/m0/s1. The van der Waals surface area contributed by atoms with Gasteiger partial charge in [-0.15, -0.1) is 0 Å². The van der Waals surface area contributed by atoms with Crippen molar-refractivity contribution in [1.29, 1.82) is 0 Å². The Labute approximate surface area is 102 Å². The van der Waals surface area contributed by atoms with Crippen molar-refractivity contribution in [3.05, 3.63) is 30.1 Å². The van der Waals surface area contributed by atoms with Crippen LogP contribution in [0.1, 0.15) is 29.8 Å². The van der Waals surface area contributed by atoms with Crippen molar-refractivity contribution in [2.45, 2.75) is 25.3 Å². The summed E-state index contributed by atoms with van der Waals surface area (Å²) in [6.07, 6.45) is 5.40. The number of hydrogen-bond acceptors (Lipinski definition) is 4. The SMILES string of the molecule is O=C(CNC[C@@H]1CCCCN1)c1ccccn1. The van der Waals surface area contributed by atoms with Crippen molar-refractivity contribution in [3.8, 4) is 0 Å². The lowest BCUT2D eigenvalue weighted by Gasteiger charge is -2.23. The first-order chi connectivity index (χ1) is 8.36. The maximum atomic E-state index is 11.7. The minimum absolute atomic E-state index is 0.0569. The summed E-state index contributed by atoms with van der Waals surface area (Å²) >= 11 is 0. The second-order valence-electron chi connectivity index (χ2n) is 4.42. The summed E-state index contributed by atoms with van der Waals surface area (Å²) in [6.45, 7) is 2.33. The molecule has 2 heterocycles. The van der Waals surface area contributed by atoms with E-state index in [0.29, 0.717) is 18.3 Å². The fraction of sp³-hybridized carbons (Fsp3) is 0.538. The van der Waals surface area contributed by atoms with Crippen molar-refractivity contribution in [1.82, 2.24) is 15.6 Å². The number of carbonyl (C=O) groups excluding carboxylic acids is 1. The molecule has 1 aliphatic rings. The third-order valence-electron chi connectivity index (χ3n) is 3.04. The average Bonchev–Trinajstić information content (AvgIpc) is 2.41. The van der Waals surface area contributed by atoms with Crippen molar-refractivity contribution in [2.75, 3.05) is 19.6 Å². The molecule has 2 rings (SSSR count). The zero-order valence-corrected chi connectivity index (χ0v) is 9.98. The van der Waals surface area contributed by atoms with Gasteiger partial charge >= 0.3 is 0 Å². The molecule has 0 saturated carbocycles.